The molecule has 0 radical (unpaired) electrons. The van der Waals surface area contributed by atoms with Gasteiger partial charge in [-0.05, 0) is 49.5 Å². The molecule has 0 aliphatic heterocycles. The number of carbonyl (C=O) groups is 2. The van der Waals surface area contributed by atoms with Crippen LogP contribution in [-0.4, -0.2) is 35.9 Å². The number of ketones is 1. The topological polar surface area (TPSA) is 72.8 Å². The monoisotopic (exact) mass is 402 g/mol. The van der Waals surface area contributed by atoms with Gasteiger partial charge in [0.1, 0.15) is 11.5 Å². The predicted molar refractivity (Wildman–Crippen MR) is 107 cm³/mol. The highest BCUT2D eigenvalue weighted by Gasteiger charge is 2.49. The lowest BCUT2D eigenvalue weighted by atomic mass is 9.91. The first-order chi connectivity index (χ1) is 13.9. The summed E-state index contributed by atoms with van der Waals surface area (Å²) in [5.74, 6) is -4.18. The zero-order valence-corrected chi connectivity index (χ0v) is 16.7. The van der Waals surface area contributed by atoms with Crippen molar-refractivity contribution in [2.75, 3.05) is 7.11 Å². The molecule has 0 aromatic heterocycles. The number of ether oxygens (including phenoxy) is 2. The summed E-state index contributed by atoms with van der Waals surface area (Å²) in [5.41, 5.74) is 2.68. The Morgan fingerprint density at radius 1 is 1.41 bits per heavy atom. The van der Waals surface area contributed by atoms with Gasteiger partial charge >= 0.3 is 11.8 Å². The SMILES string of the molecule is CC/C=C/[C@H]1CCC(=O)[C@@H]1CC=C=CC([16OH])C(F)(Oc1ccccc1)C(=O)OC. The first-order valence-corrected chi connectivity index (χ1v) is 9.72. The zero-order valence-electron chi connectivity index (χ0n) is 16.7. The molecule has 1 aliphatic carbocycles. The minimum Gasteiger partial charge on any atom is -0.464 e. The van der Waals surface area contributed by atoms with Crippen LogP contribution in [0.3, 0.4) is 0 Å². The van der Waals surface area contributed by atoms with Crippen molar-refractivity contribution in [2.45, 2.75) is 44.6 Å². The summed E-state index contributed by atoms with van der Waals surface area (Å²) in [6, 6.07) is 7.84. The molecule has 0 heterocycles. The smallest absolute Gasteiger partial charge is 0.387 e. The zero-order chi connectivity index (χ0) is 21.3. The van der Waals surface area contributed by atoms with Crippen molar-refractivity contribution in [2.24, 2.45) is 11.8 Å². The number of carbonyl (C=O) groups excluding carboxylic acids is 2. The summed E-state index contributed by atoms with van der Waals surface area (Å²) in [7, 11) is 1.01. The van der Waals surface area contributed by atoms with Crippen LogP contribution >= 0.6 is 0 Å². The molecule has 1 fully saturated rings. The molecule has 2 rings (SSSR count). The van der Waals surface area contributed by atoms with Crippen molar-refractivity contribution in [1.82, 2.24) is 0 Å². The third-order valence-electron chi connectivity index (χ3n) is 4.87. The molecule has 5 nitrogen and oxygen atoms in total. The van der Waals surface area contributed by atoms with E-state index in [2.05, 4.69) is 16.5 Å². The predicted octanol–water partition coefficient (Wildman–Crippen LogP) is 3.93. The van der Waals surface area contributed by atoms with Gasteiger partial charge in [0.15, 0.2) is 6.10 Å². The second-order valence-corrected chi connectivity index (χ2v) is 6.88. The molecule has 2 unspecified atom stereocenters. The average molecular weight is 402 g/mol. The lowest BCUT2D eigenvalue weighted by Crippen LogP contribution is -2.50. The molecule has 1 N–H and O–H groups in total. The quantitative estimate of drug-likeness (QED) is 0.385. The number of esters is 1. The van der Waals surface area contributed by atoms with Gasteiger partial charge in [-0.25, -0.2) is 4.79 Å². The molecule has 0 spiro atoms. The van der Waals surface area contributed by atoms with Crippen LogP contribution < -0.4 is 4.74 Å². The lowest BCUT2D eigenvalue weighted by molar-refractivity contribution is -0.193. The normalized spacial score (nSPS) is 21.9. The van der Waals surface area contributed by atoms with Gasteiger partial charge in [0.2, 0.25) is 0 Å². The third-order valence-corrected chi connectivity index (χ3v) is 4.87. The van der Waals surface area contributed by atoms with Gasteiger partial charge in [-0.3, -0.25) is 4.79 Å². The first kappa shape index (κ1) is 22.6. The molecule has 156 valence electrons. The van der Waals surface area contributed by atoms with Crippen LogP contribution in [0, 0.1) is 11.8 Å². The van der Waals surface area contributed by atoms with Gasteiger partial charge < -0.3 is 14.6 Å². The van der Waals surface area contributed by atoms with Crippen LogP contribution in [0.4, 0.5) is 4.39 Å². The molecule has 1 aliphatic rings. The summed E-state index contributed by atoms with van der Waals surface area (Å²) in [6.45, 7) is 2.04. The van der Waals surface area contributed by atoms with Crippen molar-refractivity contribution in [1.29, 1.82) is 0 Å². The Bertz CT molecular complexity index is 782. The summed E-state index contributed by atoms with van der Waals surface area (Å²) >= 11 is 0. The van der Waals surface area contributed by atoms with Crippen LogP contribution in [0.15, 0.2) is 60.4 Å². The molecule has 1 aromatic rings. The van der Waals surface area contributed by atoms with Crippen molar-refractivity contribution < 1.29 is 28.6 Å². The number of methoxy groups -OCH3 is 1. The Morgan fingerprint density at radius 2 is 2.14 bits per heavy atom. The summed E-state index contributed by atoms with van der Waals surface area (Å²) in [5, 5.41) is 10.2. The number of hydrogen-bond acceptors (Lipinski definition) is 5. The highest BCUT2D eigenvalue weighted by Crippen LogP contribution is 2.32. The first-order valence-electron chi connectivity index (χ1n) is 9.72. The van der Waals surface area contributed by atoms with Crippen molar-refractivity contribution >= 4 is 11.8 Å². The molecule has 4 atom stereocenters. The Balaban J connectivity index is 2.10. The molecule has 0 saturated heterocycles. The molecule has 1 saturated carbocycles. The fourth-order valence-electron chi connectivity index (χ4n) is 3.27. The number of benzene rings is 1. The number of rotatable bonds is 9. The molecular weight excluding hydrogens is 375 g/mol. The average Bonchev–Trinajstić information content (AvgIpc) is 3.08. The fourth-order valence-corrected chi connectivity index (χ4v) is 3.27. The minimum atomic E-state index is -3.12. The van der Waals surface area contributed by atoms with Crippen molar-refractivity contribution in [3.8, 4) is 5.75 Å². The maximum atomic E-state index is 15.2. The van der Waals surface area contributed by atoms with E-state index in [1.807, 2.05) is 13.0 Å². The van der Waals surface area contributed by atoms with Crippen molar-refractivity contribution in [3.05, 3.63) is 60.4 Å². The Morgan fingerprint density at radius 3 is 2.79 bits per heavy atom. The van der Waals surface area contributed by atoms with E-state index in [9.17, 15) is 14.7 Å². The van der Waals surface area contributed by atoms with Gasteiger partial charge in [0.05, 0.1) is 7.11 Å². The van der Waals surface area contributed by atoms with Crippen LogP contribution in [-0.2, 0) is 14.3 Å². The van der Waals surface area contributed by atoms with Crippen LogP contribution in [0.1, 0.15) is 32.6 Å². The summed E-state index contributed by atoms with van der Waals surface area (Å²) < 4.78 is 24.7. The van der Waals surface area contributed by atoms with E-state index in [1.165, 1.54) is 12.1 Å². The second kappa shape index (κ2) is 10.7. The number of hydrogen-bond donors (Lipinski definition) is 1. The van der Waals surface area contributed by atoms with E-state index >= 15 is 4.39 Å². The largest absolute Gasteiger partial charge is 0.464 e. The molecule has 6 heteroatoms. The van der Waals surface area contributed by atoms with E-state index in [0.29, 0.717) is 12.8 Å². The van der Waals surface area contributed by atoms with Gasteiger partial charge in [0.25, 0.3) is 0 Å². The maximum Gasteiger partial charge on any atom is 0.387 e. The lowest BCUT2D eigenvalue weighted by Gasteiger charge is -2.26. The Hall–Kier alpha value is -2.69. The van der Waals surface area contributed by atoms with E-state index in [1.54, 1.807) is 24.3 Å². The Kier molecular flexibility index (Phi) is 8.37. The van der Waals surface area contributed by atoms with Crippen molar-refractivity contribution in [3.63, 3.8) is 0 Å². The molecule has 0 amide bonds. The molecule has 0 bridgehead atoms. The van der Waals surface area contributed by atoms with Gasteiger partial charge in [-0.1, -0.05) is 37.3 Å². The summed E-state index contributed by atoms with van der Waals surface area (Å²) in [4.78, 5) is 24.0. The number of halogens is 1. The highest BCUT2D eigenvalue weighted by molar-refractivity contribution is 5.84. The number of para-hydroxylation sites is 1. The standard InChI is InChI=1S/C23H27FO5/c1-3-4-10-17-15-16-20(25)19(17)13-8-9-14-21(26)23(24,22(27)28-2)29-18-11-6-5-7-12-18/h4-8,10-12,14,17,19,21,26H,3,13,15-16H2,1-2H3/b10-4+/t9?,17-,19+,21?,23?/m0/s1/i26+0. The van der Waals surface area contributed by atoms with Crippen LogP contribution in [0.2, 0.25) is 0 Å². The second-order valence-electron chi connectivity index (χ2n) is 6.88. The highest BCUT2D eigenvalue weighted by atomic mass is 19.2. The van der Waals surface area contributed by atoms with E-state index in [4.69, 9.17) is 4.74 Å². The van der Waals surface area contributed by atoms with Gasteiger partial charge in [-0.15, -0.1) is 5.73 Å². The molecule has 1 aromatic carbocycles. The number of Topliss-reactive ketones (excluding diaryl/α,β-unsaturated/α-hetero) is 1. The number of aliphatic hydroxyl groups excluding tert-OH is 1. The number of alkyl halides is 1. The van der Waals surface area contributed by atoms with Crippen LogP contribution in [0.25, 0.3) is 0 Å². The number of aliphatic hydroxyl groups is 1. The van der Waals surface area contributed by atoms with E-state index in [0.717, 1.165) is 26.0 Å². The number of allylic oxidation sites excluding steroid dienone is 2. The molecular formula is C23H27FO5. The maximum absolute atomic E-state index is 15.2. The van der Waals surface area contributed by atoms with E-state index < -0.39 is 17.9 Å². The Labute approximate surface area is 170 Å². The van der Waals surface area contributed by atoms with Gasteiger partial charge in [0, 0.05) is 12.3 Å². The van der Waals surface area contributed by atoms with Gasteiger partial charge in [-0.2, -0.15) is 4.39 Å². The minimum absolute atomic E-state index is 0.0685. The fraction of sp³-hybridized carbons (Fsp3) is 0.435. The summed E-state index contributed by atoms with van der Waals surface area (Å²) in [6.07, 6.45) is 7.45. The molecule has 29 heavy (non-hydrogen) atoms. The van der Waals surface area contributed by atoms with Crippen LogP contribution in [0.5, 0.6) is 5.75 Å². The van der Waals surface area contributed by atoms with E-state index in [-0.39, 0.29) is 23.4 Å². The third kappa shape index (κ3) is 5.89.